The van der Waals surface area contributed by atoms with Crippen LogP contribution in [0.1, 0.15) is 46.4 Å². The Hall–Kier alpha value is -3.69. The molecule has 7 nitrogen and oxygen atoms in total. The SMILES string of the molecule is O=C(COC(=O)c1cc(-c2ccc(N3C(=O)C4CCCCC4C3=O)cc2)nc2ccc(Br)cc12)c1ccc(Br)cc1. The van der Waals surface area contributed by atoms with Crippen molar-refractivity contribution < 1.29 is 23.9 Å². The van der Waals surface area contributed by atoms with E-state index >= 15 is 0 Å². The Balaban J connectivity index is 1.28. The van der Waals surface area contributed by atoms with E-state index in [1.165, 1.54) is 4.90 Å². The van der Waals surface area contributed by atoms with Gasteiger partial charge in [0.05, 0.1) is 34.3 Å². The summed E-state index contributed by atoms with van der Waals surface area (Å²) in [5.41, 5.74) is 3.05. The first-order valence-electron chi connectivity index (χ1n) is 13.3. The third-order valence-electron chi connectivity index (χ3n) is 7.75. The molecule has 0 N–H and O–H groups in total. The minimum Gasteiger partial charge on any atom is -0.454 e. The largest absolute Gasteiger partial charge is 0.454 e. The zero-order chi connectivity index (χ0) is 28.7. The summed E-state index contributed by atoms with van der Waals surface area (Å²) in [5, 5.41) is 0.580. The van der Waals surface area contributed by atoms with Crippen molar-refractivity contribution in [2.45, 2.75) is 25.7 Å². The molecular formula is C32H24Br2N2O5. The zero-order valence-electron chi connectivity index (χ0n) is 21.8. The number of pyridine rings is 1. The van der Waals surface area contributed by atoms with Crippen LogP contribution < -0.4 is 4.90 Å². The summed E-state index contributed by atoms with van der Waals surface area (Å²) in [6, 6.07) is 20.9. The summed E-state index contributed by atoms with van der Waals surface area (Å²) in [6.07, 6.45) is 3.46. The molecule has 1 saturated heterocycles. The molecule has 2 unspecified atom stereocenters. The summed E-state index contributed by atoms with van der Waals surface area (Å²) < 4.78 is 7.06. The molecule has 0 bridgehead atoms. The van der Waals surface area contributed by atoms with Gasteiger partial charge in [0.25, 0.3) is 0 Å². The second kappa shape index (κ2) is 11.3. The Morgan fingerprint density at radius 1 is 0.829 bits per heavy atom. The maximum absolute atomic E-state index is 13.3. The van der Waals surface area contributed by atoms with Gasteiger partial charge >= 0.3 is 5.97 Å². The first-order chi connectivity index (χ1) is 19.8. The molecule has 1 saturated carbocycles. The lowest BCUT2D eigenvalue weighted by Crippen LogP contribution is -2.30. The highest BCUT2D eigenvalue weighted by Crippen LogP contribution is 2.40. The number of imide groups is 1. The van der Waals surface area contributed by atoms with Crippen molar-refractivity contribution in [3.8, 4) is 11.3 Å². The standard InChI is InChI=1S/C32H24Br2N2O5/c33-20-9-5-19(6-10-20)29(37)17-41-32(40)26-16-28(35-27-14-11-21(34)15-25(26)27)18-7-12-22(13-8-18)36-30(38)23-3-1-2-4-24(23)31(36)39/h5-16,23-24H,1-4,17H2. The van der Waals surface area contributed by atoms with Crippen LogP contribution in [-0.2, 0) is 14.3 Å². The van der Waals surface area contributed by atoms with Gasteiger partial charge in [-0.05, 0) is 61.4 Å². The van der Waals surface area contributed by atoms with Crippen molar-refractivity contribution in [2.75, 3.05) is 11.5 Å². The van der Waals surface area contributed by atoms with Crippen LogP contribution in [0.2, 0.25) is 0 Å². The van der Waals surface area contributed by atoms with Gasteiger partial charge in [0.2, 0.25) is 11.8 Å². The molecule has 0 radical (unpaired) electrons. The molecule has 3 aromatic carbocycles. The lowest BCUT2D eigenvalue weighted by Gasteiger charge is -2.19. The van der Waals surface area contributed by atoms with Gasteiger partial charge in [0.1, 0.15) is 0 Å². The summed E-state index contributed by atoms with van der Waals surface area (Å²) in [5.74, 6) is -1.64. The molecule has 41 heavy (non-hydrogen) atoms. The number of fused-ring (bicyclic) bond motifs is 2. The quantitative estimate of drug-likeness (QED) is 0.122. The Morgan fingerprint density at radius 2 is 1.46 bits per heavy atom. The van der Waals surface area contributed by atoms with E-state index in [0.29, 0.717) is 33.4 Å². The predicted octanol–water partition coefficient (Wildman–Crippen LogP) is 7.15. The Labute approximate surface area is 253 Å². The molecule has 9 heteroatoms. The molecule has 2 amide bonds. The molecular weight excluding hydrogens is 652 g/mol. The number of anilines is 1. The number of ether oxygens (including phenoxy) is 1. The number of ketones is 1. The summed E-state index contributed by atoms with van der Waals surface area (Å²) >= 11 is 6.80. The van der Waals surface area contributed by atoms with Gasteiger partial charge in [-0.15, -0.1) is 0 Å². The molecule has 2 fully saturated rings. The van der Waals surface area contributed by atoms with Gasteiger partial charge in [-0.2, -0.15) is 0 Å². The molecule has 6 rings (SSSR count). The number of rotatable bonds is 6. The Morgan fingerprint density at radius 3 is 2.12 bits per heavy atom. The molecule has 4 aromatic rings. The van der Waals surface area contributed by atoms with Crippen LogP contribution >= 0.6 is 31.9 Å². The number of Topliss-reactive ketones (excluding diaryl/α,β-unsaturated/α-hetero) is 1. The third kappa shape index (κ3) is 5.36. The number of benzene rings is 3. The number of nitrogens with zero attached hydrogens (tertiary/aromatic N) is 2. The first-order valence-corrected chi connectivity index (χ1v) is 14.9. The number of hydrogen-bond donors (Lipinski definition) is 0. The van der Waals surface area contributed by atoms with Gasteiger partial charge in [0, 0.05) is 25.5 Å². The topological polar surface area (TPSA) is 93.6 Å². The van der Waals surface area contributed by atoms with Crippen LogP contribution in [0.15, 0.2) is 81.7 Å². The summed E-state index contributed by atoms with van der Waals surface area (Å²) in [6.45, 7) is -0.401. The number of hydrogen-bond acceptors (Lipinski definition) is 6. The van der Waals surface area contributed by atoms with Crippen molar-refractivity contribution >= 4 is 72.0 Å². The highest BCUT2D eigenvalue weighted by Gasteiger charge is 2.48. The number of aromatic nitrogens is 1. The molecule has 1 aliphatic carbocycles. The van der Waals surface area contributed by atoms with Crippen LogP contribution in [0.4, 0.5) is 5.69 Å². The Bertz CT molecular complexity index is 1680. The number of halogens is 2. The van der Waals surface area contributed by atoms with E-state index in [4.69, 9.17) is 9.72 Å². The van der Waals surface area contributed by atoms with Crippen molar-refractivity contribution in [3.63, 3.8) is 0 Å². The first kappa shape index (κ1) is 27.5. The molecule has 1 aliphatic heterocycles. The van der Waals surface area contributed by atoms with Crippen molar-refractivity contribution in [1.82, 2.24) is 4.98 Å². The maximum atomic E-state index is 13.3. The highest BCUT2D eigenvalue weighted by molar-refractivity contribution is 9.10. The van der Waals surface area contributed by atoms with Crippen LogP contribution in [-0.4, -0.2) is 35.2 Å². The van der Waals surface area contributed by atoms with E-state index in [1.54, 1.807) is 66.7 Å². The molecule has 2 atom stereocenters. The van der Waals surface area contributed by atoms with E-state index < -0.39 is 12.6 Å². The minimum atomic E-state index is -0.644. The van der Waals surface area contributed by atoms with E-state index in [1.807, 2.05) is 6.07 Å². The minimum absolute atomic E-state index is 0.121. The van der Waals surface area contributed by atoms with E-state index in [0.717, 1.165) is 34.6 Å². The van der Waals surface area contributed by atoms with Gasteiger partial charge < -0.3 is 4.74 Å². The lowest BCUT2D eigenvalue weighted by molar-refractivity contribution is -0.122. The van der Waals surface area contributed by atoms with Crippen molar-refractivity contribution in [2.24, 2.45) is 11.8 Å². The second-order valence-electron chi connectivity index (χ2n) is 10.3. The van der Waals surface area contributed by atoms with Crippen LogP contribution in [0, 0.1) is 11.8 Å². The van der Waals surface area contributed by atoms with Gasteiger partial charge in [-0.25, -0.2) is 9.78 Å². The predicted molar refractivity (Wildman–Crippen MR) is 162 cm³/mol. The van der Waals surface area contributed by atoms with Crippen molar-refractivity contribution in [1.29, 1.82) is 0 Å². The maximum Gasteiger partial charge on any atom is 0.339 e. The molecule has 0 spiro atoms. The van der Waals surface area contributed by atoms with Crippen LogP contribution in [0.5, 0.6) is 0 Å². The number of esters is 1. The van der Waals surface area contributed by atoms with Gasteiger partial charge in [-0.3, -0.25) is 19.3 Å². The van der Waals surface area contributed by atoms with Crippen molar-refractivity contribution in [3.05, 3.63) is 92.9 Å². The normalized spacial score (nSPS) is 18.4. The molecule has 2 heterocycles. The molecule has 2 aliphatic rings. The fraction of sp³-hybridized carbons (Fsp3) is 0.219. The summed E-state index contributed by atoms with van der Waals surface area (Å²) in [7, 11) is 0. The number of carbonyl (C=O) groups excluding carboxylic acids is 4. The average molecular weight is 676 g/mol. The average Bonchev–Trinajstić information content (AvgIpc) is 3.25. The lowest BCUT2D eigenvalue weighted by atomic mass is 9.81. The molecule has 206 valence electrons. The third-order valence-corrected chi connectivity index (χ3v) is 8.78. The van der Waals surface area contributed by atoms with E-state index in [-0.39, 0.29) is 35.0 Å². The van der Waals surface area contributed by atoms with Crippen LogP contribution in [0.25, 0.3) is 22.2 Å². The fourth-order valence-corrected chi connectivity index (χ4v) is 6.27. The van der Waals surface area contributed by atoms with E-state index in [9.17, 15) is 19.2 Å². The summed E-state index contributed by atoms with van der Waals surface area (Å²) in [4.78, 5) is 58.0. The second-order valence-corrected chi connectivity index (χ2v) is 12.1. The van der Waals surface area contributed by atoms with Crippen LogP contribution in [0.3, 0.4) is 0 Å². The smallest absolute Gasteiger partial charge is 0.339 e. The zero-order valence-corrected chi connectivity index (χ0v) is 25.0. The fourth-order valence-electron chi connectivity index (χ4n) is 5.64. The Kier molecular flexibility index (Phi) is 7.57. The van der Waals surface area contributed by atoms with Gasteiger partial charge in [-0.1, -0.05) is 69.0 Å². The van der Waals surface area contributed by atoms with Gasteiger partial charge in [0.15, 0.2) is 12.4 Å². The molecule has 1 aromatic heterocycles. The monoisotopic (exact) mass is 674 g/mol. The highest BCUT2D eigenvalue weighted by atomic mass is 79.9. The number of amides is 2. The van der Waals surface area contributed by atoms with E-state index in [2.05, 4.69) is 31.9 Å². The number of carbonyl (C=O) groups is 4.